The van der Waals surface area contributed by atoms with Crippen LogP contribution in [0, 0.1) is 5.92 Å². The van der Waals surface area contributed by atoms with Gasteiger partial charge >= 0.3 is 0 Å². The molecular formula is C20H40IN3O2. The third kappa shape index (κ3) is 9.22. The fraction of sp³-hybridized carbons (Fsp3) is 0.950. The zero-order valence-electron chi connectivity index (χ0n) is 16.9. The molecule has 1 heterocycles. The molecule has 1 atom stereocenters. The highest BCUT2D eigenvalue weighted by Crippen LogP contribution is 2.20. The number of likely N-dealkylation sites (tertiary alicyclic amines) is 1. The maximum absolute atomic E-state index is 6.07. The number of rotatable bonds is 9. The summed E-state index contributed by atoms with van der Waals surface area (Å²) in [6.07, 6.45) is 12.0. The van der Waals surface area contributed by atoms with E-state index in [4.69, 9.17) is 14.5 Å². The first-order valence-electron chi connectivity index (χ1n) is 10.5. The summed E-state index contributed by atoms with van der Waals surface area (Å²) in [4.78, 5) is 7.21. The molecule has 2 fully saturated rings. The average Bonchev–Trinajstić information content (AvgIpc) is 2.92. The van der Waals surface area contributed by atoms with Crippen LogP contribution in [-0.2, 0) is 9.47 Å². The van der Waals surface area contributed by atoms with Crippen molar-refractivity contribution in [3.63, 3.8) is 0 Å². The summed E-state index contributed by atoms with van der Waals surface area (Å²) in [7, 11) is 1.79. The van der Waals surface area contributed by atoms with E-state index in [1.54, 1.807) is 7.11 Å². The van der Waals surface area contributed by atoms with Crippen LogP contribution < -0.4 is 5.32 Å². The van der Waals surface area contributed by atoms with E-state index in [1.807, 2.05) is 0 Å². The molecule has 1 aliphatic carbocycles. The molecule has 1 N–H and O–H groups in total. The summed E-state index contributed by atoms with van der Waals surface area (Å²) in [6, 6.07) is 0. The van der Waals surface area contributed by atoms with Gasteiger partial charge in [0.15, 0.2) is 5.96 Å². The van der Waals surface area contributed by atoms with Crippen LogP contribution in [0.5, 0.6) is 0 Å². The largest absolute Gasteiger partial charge is 0.384 e. The number of hydrogen-bond donors (Lipinski definition) is 1. The molecule has 0 bridgehead atoms. The Morgan fingerprint density at radius 1 is 1.12 bits per heavy atom. The average molecular weight is 481 g/mol. The fourth-order valence-electron chi connectivity index (χ4n) is 3.88. The molecule has 2 aliphatic rings. The van der Waals surface area contributed by atoms with Crippen LogP contribution in [0.3, 0.4) is 0 Å². The highest BCUT2D eigenvalue weighted by atomic mass is 127. The van der Waals surface area contributed by atoms with Gasteiger partial charge in [0, 0.05) is 45.8 Å². The number of halogens is 1. The number of nitrogens with one attached hydrogen (secondary N) is 1. The van der Waals surface area contributed by atoms with Gasteiger partial charge in [-0.15, -0.1) is 24.0 Å². The minimum Gasteiger partial charge on any atom is -0.384 e. The zero-order chi connectivity index (χ0) is 17.7. The quantitative estimate of drug-likeness (QED) is 0.177. The van der Waals surface area contributed by atoms with Gasteiger partial charge in [0.05, 0.1) is 12.7 Å². The fourth-order valence-corrected chi connectivity index (χ4v) is 3.88. The molecule has 0 radical (unpaired) electrons. The smallest absolute Gasteiger partial charge is 0.193 e. The van der Waals surface area contributed by atoms with E-state index in [2.05, 4.69) is 17.1 Å². The Bertz CT molecular complexity index is 374. The van der Waals surface area contributed by atoms with Crippen LogP contribution in [0.4, 0.5) is 0 Å². The molecule has 0 aromatic heterocycles. The van der Waals surface area contributed by atoms with Crippen LogP contribution in [0.2, 0.25) is 0 Å². The van der Waals surface area contributed by atoms with E-state index in [0.29, 0.717) is 12.0 Å². The minimum absolute atomic E-state index is 0. The second-order valence-corrected chi connectivity index (χ2v) is 7.48. The molecule has 0 aromatic rings. The predicted octanol–water partition coefficient (Wildman–Crippen LogP) is 4.06. The summed E-state index contributed by atoms with van der Waals surface area (Å²) in [6.45, 7) is 7.86. The van der Waals surface area contributed by atoms with Gasteiger partial charge in [-0.3, -0.25) is 4.99 Å². The standard InChI is InChI=1S/C20H39N3O2.HI/c1-3-21-20(23-14-12-18(16-23)17-24-2)22-13-8-9-15-25-19-10-6-4-5-7-11-19;/h18-19H,3-17H2,1-2H3,(H,21,22);1H. The van der Waals surface area contributed by atoms with Crippen molar-refractivity contribution in [2.24, 2.45) is 10.9 Å². The van der Waals surface area contributed by atoms with E-state index in [9.17, 15) is 0 Å². The Morgan fingerprint density at radius 2 is 1.88 bits per heavy atom. The van der Waals surface area contributed by atoms with E-state index in [-0.39, 0.29) is 24.0 Å². The second-order valence-electron chi connectivity index (χ2n) is 7.48. The molecule has 0 spiro atoms. The molecule has 0 aromatic carbocycles. The molecular weight excluding hydrogens is 441 g/mol. The van der Waals surface area contributed by atoms with Crippen molar-refractivity contribution in [2.45, 2.75) is 70.8 Å². The summed E-state index contributed by atoms with van der Waals surface area (Å²) in [5, 5.41) is 3.44. The van der Waals surface area contributed by atoms with Gasteiger partial charge in [0.2, 0.25) is 0 Å². The van der Waals surface area contributed by atoms with Crippen LogP contribution >= 0.6 is 24.0 Å². The molecule has 26 heavy (non-hydrogen) atoms. The maximum Gasteiger partial charge on any atom is 0.193 e. The molecule has 1 aliphatic heterocycles. The molecule has 1 saturated carbocycles. The van der Waals surface area contributed by atoms with Crippen molar-refractivity contribution in [1.29, 1.82) is 0 Å². The van der Waals surface area contributed by atoms with Gasteiger partial charge in [-0.25, -0.2) is 0 Å². The Kier molecular flexibility index (Phi) is 13.7. The molecule has 1 unspecified atom stereocenters. The lowest BCUT2D eigenvalue weighted by Gasteiger charge is -2.21. The lowest BCUT2D eigenvalue weighted by molar-refractivity contribution is 0.0412. The Labute approximate surface area is 177 Å². The summed E-state index contributed by atoms with van der Waals surface area (Å²) in [5.74, 6) is 1.72. The first-order chi connectivity index (χ1) is 12.3. The van der Waals surface area contributed by atoms with Crippen LogP contribution in [-0.4, -0.2) is 63.5 Å². The predicted molar refractivity (Wildman–Crippen MR) is 120 cm³/mol. The second kappa shape index (κ2) is 14.9. The SMILES string of the molecule is CCNC(=NCCCCOC1CCCCCC1)N1CCC(COC)C1.I. The van der Waals surface area contributed by atoms with Crippen LogP contribution in [0.1, 0.15) is 64.7 Å². The lowest BCUT2D eigenvalue weighted by Crippen LogP contribution is -2.40. The van der Waals surface area contributed by atoms with E-state index in [0.717, 1.165) is 58.2 Å². The van der Waals surface area contributed by atoms with Gasteiger partial charge in [0.1, 0.15) is 0 Å². The first kappa shape index (κ1) is 24.0. The van der Waals surface area contributed by atoms with Gasteiger partial charge in [0.25, 0.3) is 0 Å². The topological polar surface area (TPSA) is 46.1 Å². The molecule has 2 rings (SSSR count). The summed E-state index contributed by atoms with van der Waals surface area (Å²) < 4.78 is 11.4. The van der Waals surface area contributed by atoms with E-state index < -0.39 is 0 Å². The van der Waals surface area contributed by atoms with Gasteiger partial charge in [-0.1, -0.05) is 25.7 Å². The molecule has 6 heteroatoms. The normalized spacial score (nSPS) is 22.2. The lowest BCUT2D eigenvalue weighted by atomic mass is 10.1. The molecule has 1 saturated heterocycles. The highest BCUT2D eigenvalue weighted by molar-refractivity contribution is 14.0. The minimum atomic E-state index is 0. The Balaban J connectivity index is 0.00000338. The van der Waals surface area contributed by atoms with Crippen molar-refractivity contribution in [1.82, 2.24) is 10.2 Å². The number of methoxy groups -OCH3 is 1. The number of aliphatic imine (C=N–C) groups is 1. The Hall–Kier alpha value is -0.0800. The number of guanidine groups is 1. The molecule has 0 amide bonds. The zero-order valence-corrected chi connectivity index (χ0v) is 19.2. The number of unbranched alkanes of at least 4 members (excludes halogenated alkanes) is 1. The number of nitrogens with zero attached hydrogens (tertiary/aromatic N) is 2. The third-order valence-electron chi connectivity index (χ3n) is 5.29. The van der Waals surface area contributed by atoms with Gasteiger partial charge < -0.3 is 19.7 Å². The monoisotopic (exact) mass is 481 g/mol. The highest BCUT2D eigenvalue weighted by Gasteiger charge is 2.24. The van der Waals surface area contributed by atoms with Crippen LogP contribution in [0.25, 0.3) is 0 Å². The summed E-state index contributed by atoms with van der Waals surface area (Å²) in [5.41, 5.74) is 0. The van der Waals surface area contributed by atoms with Crippen molar-refractivity contribution in [3.05, 3.63) is 0 Å². The van der Waals surface area contributed by atoms with E-state index >= 15 is 0 Å². The van der Waals surface area contributed by atoms with Crippen LogP contribution in [0.15, 0.2) is 4.99 Å². The number of ether oxygens (including phenoxy) is 2. The third-order valence-corrected chi connectivity index (χ3v) is 5.29. The van der Waals surface area contributed by atoms with Crippen molar-refractivity contribution < 1.29 is 9.47 Å². The van der Waals surface area contributed by atoms with Gasteiger partial charge in [-0.2, -0.15) is 0 Å². The van der Waals surface area contributed by atoms with Gasteiger partial charge in [-0.05, 0) is 39.0 Å². The van der Waals surface area contributed by atoms with Crippen molar-refractivity contribution in [2.75, 3.05) is 46.5 Å². The molecule has 154 valence electrons. The molecule has 5 nitrogen and oxygen atoms in total. The van der Waals surface area contributed by atoms with Crippen molar-refractivity contribution in [3.8, 4) is 0 Å². The summed E-state index contributed by atoms with van der Waals surface area (Å²) >= 11 is 0. The first-order valence-corrected chi connectivity index (χ1v) is 10.5. The number of hydrogen-bond acceptors (Lipinski definition) is 3. The van der Waals surface area contributed by atoms with E-state index in [1.165, 1.54) is 44.9 Å². The maximum atomic E-state index is 6.07. The van der Waals surface area contributed by atoms with Crippen molar-refractivity contribution >= 4 is 29.9 Å². The Morgan fingerprint density at radius 3 is 2.58 bits per heavy atom.